The van der Waals surface area contributed by atoms with Gasteiger partial charge >= 0.3 is 0 Å². The van der Waals surface area contributed by atoms with E-state index in [1.807, 2.05) is 26.0 Å². The molecule has 0 fully saturated rings. The zero-order valence-corrected chi connectivity index (χ0v) is 13.4. The zero-order valence-electron chi connectivity index (χ0n) is 12.6. The third-order valence-corrected chi connectivity index (χ3v) is 4.34. The van der Waals surface area contributed by atoms with Crippen molar-refractivity contribution in [2.24, 2.45) is 5.14 Å². The van der Waals surface area contributed by atoms with Crippen LogP contribution in [0.4, 0.5) is 5.82 Å². The van der Waals surface area contributed by atoms with Crippen molar-refractivity contribution in [3.63, 3.8) is 0 Å². The Kier molecular flexibility index (Phi) is 3.74. The van der Waals surface area contributed by atoms with E-state index in [1.165, 1.54) is 12.4 Å². The van der Waals surface area contributed by atoms with Gasteiger partial charge in [0.15, 0.2) is 0 Å². The number of aromatic nitrogens is 4. The summed E-state index contributed by atoms with van der Waals surface area (Å²) >= 11 is 0. The van der Waals surface area contributed by atoms with Crippen LogP contribution in [0.1, 0.15) is 24.2 Å². The molecular weight excluding hydrogens is 316 g/mol. The summed E-state index contributed by atoms with van der Waals surface area (Å²) in [5.74, 6) is 1.22. The molecule has 0 aliphatic carbocycles. The fourth-order valence-electron chi connectivity index (χ4n) is 2.30. The Balaban J connectivity index is 1.95. The lowest BCUT2D eigenvalue weighted by Gasteiger charge is -2.17. The van der Waals surface area contributed by atoms with E-state index in [0.29, 0.717) is 5.78 Å². The van der Waals surface area contributed by atoms with Crippen LogP contribution in [0.25, 0.3) is 5.78 Å². The quantitative estimate of drug-likeness (QED) is 0.743. The predicted molar refractivity (Wildman–Crippen MR) is 85.4 cm³/mol. The number of nitrogens with two attached hydrogens (primary N) is 1. The first kappa shape index (κ1) is 15.4. The molecule has 3 aromatic rings. The molecule has 23 heavy (non-hydrogen) atoms. The normalized spacial score (nSPS) is 13.2. The van der Waals surface area contributed by atoms with E-state index in [2.05, 4.69) is 20.4 Å². The summed E-state index contributed by atoms with van der Waals surface area (Å²) in [4.78, 5) is 8.43. The van der Waals surface area contributed by atoms with Crippen LogP contribution in [0.5, 0.6) is 0 Å². The lowest BCUT2D eigenvalue weighted by molar-refractivity contribution is 0.597. The summed E-state index contributed by atoms with van der Waals surface area (Å²) in [7, 11) is -3.73. The molecule has 3 N–H and O–H groups in total. The first-order valence-electron chi connectivity index (χ1n) is 6.91. The van der Waals surface area contributed by atoms with Gasteiger partial charge < -0.3 is 5.32 Å². The number of aryl methyl sites for hydroxylation is 1. The molecular formula is C14H16N6O2S. The molecule has 2 aromatic heterocycles. The van der Waals surface area contributed by atoms with Gasteiger partial charge in [-0.15, -0.1) is 0 Å². The maximum Gasteiger partial charge on any atom is 0.254 e. The van der Waals surface area contributed by atoms with Crippen molar-refractivity contribution in [3.05, 3.63) is 47.9 Å². The van der Waals surface area contributed by atoms with Crippen molar-refractivity contribution in [1.82, 2.24) is 19.6 Å². The van der Waals surface area contributed by atoms with Gasteiger partial charge in [0.2, 0.25) is 10.0 Å². The Bertz CT molecular complexity index is 966. The first-order valence-corrected chi connectivity index (χ1v) is 8.46. The second-order valence-electron chi connectivity index (χ2n) is 5.24. The van der Waals surface area contributed by atoms with Gasteiger partial charge in [0.25, 0.3) is 5.78 Å². The van der Waals surface area contributed by atoms with Crippen molar-refractivity contribution in [3.8, 4) is 0 Å². The number of sulfonamides is 1. The molecule has 1 aromatic carbocycles. The Morgan fingerprint density at radius 3 is 2.83 bits per heavy atom. The van der Waals surface area contributed by atoms with Gasteiger partial charge in [-0.25, -0.2) is 18.5 Å². The van der Waals surface area contributed by atoms with Crippen LogP contribution in [0.3, 0.4) is 0 Å². The van der Waals surface area contributed by atoms with Crippen LogP contribution >= 0.6 is 0 Å². The number of primary sulfonamides is 1. The highest BCUT2D eigenvalue weighted by molar-refractivity contribution is 7.89. The molecule has 0 saturated heterocycles. The van der Waals surface area contributed by atoms with E-state index in [1.54, 1.807) is 16.6 Å². The predicted octanol–water partition coefficient (Wildman–Crippen LogP) is 1.25. The van der Waals surface area contributed by atoms with Crippen LogP contribution in [0.2, 0.25) is 0 Å². The van der Waals surface area contributed by atoms with Gasteiger partial charge in [-0.1, -0.05) is 12.1 Å². The number of nitrogens with zero attached hydrogens (tertiary/aromatic N) is 4. The maximum absolute atomic E-state index is 11.5. The minimum Gasteiger partial charge on any atom is -0.363 e. The van der Waals surface area contributed by atoms with Gasteiger partial charge in [0.1, 0.15) is 12.1 Å². The van der Waals surface area contributed by atoms with E-state index in [-0.39, 0.29) is 10.9 Å². The third kappa shape index (κ3) is 3.15. The highest BCUT2D eigenvalue weighted by Crippen LogP contribution is 2.21. The monoisotopic (exact) mass is 332 g/mol. The Morgan fingerprint density at radius 1 is 1.30 bits per heavy atom. The number of fused-ring (bicyclic) bond motifs is 1. The van der Waals surface area contributed by atoms with Crippen LogP contribution in [0, 0.1) is 6.92 Å². The highest BCUT2D eigenvalue weighted by atomic mass is 32.2. The first-order chi connectivity index (χ1) is 10.8. The van der Waals surface area contributed by atoms with Gasteiger partial charge in [-0.2, -0.15) is 14.6 Å². The fourth-order valence-corrected chi connectivity index (χ4v) is 2.87. The van der Waals surface area contributed by atoms with Gasteiger partial charge in [0, 0.05) is 17.8 Å². The van der Waals surface area contributed by atoms with Crippen LogP contribution in [0.15, 0.2) is 41.6 Å². The molecule has 9 heteroatoms. The molecule has 0 radical (unpaired) electrons. The largest absolute Gasteiger partial charge is 0.363 e. The number of hydrogen-bond acceptors (Lipinski definition) is 6. The maximum atomic E-state index is 11.5. The zero-order chi connectivity index (χ0) is 16.6. The minimum atomic E-state index is -3.73. The average Bonchev–Trinajstić information content (AvgIpc) is 2.94. The lowest BCUT2D eigenvalue weighted by Crippen LogP contribution is -2.14. The number of nitrogens with one attached hydrogen (secondary N) is 1. The molecule has 8 nitrogen and oxygen atoms in total. The molecule has 3 rings (SSSR count). The third-order valence-electron chi connectivity index (χ3n) is 3.43. The summed E-state index contributed by atoms with van der Waals surface area (Å²) in [6.45, 7) is 3.78. The number of anilines is 1. The topological polar surface area (TPSA) is 115 Å². The van der Waals surface area contributed by atoms with Crippen molar-refractivity contribution in [2.75, 3.05) is 5.32 Å². The summed E-state index contributed by atoms with van der Waals surface area (Å²) in [5.41, 5.74) is 1.60. The second kappa shape index (κ2) is 5.60. The Morgan fingerprint density at radius 2 is 2.09 bits per heavy atom. The smallest absolute Gasteiger partial charge is 0.254 e. The molecule has 1 atom stereocenters. The molecule has 0 amide bonds. The van der Waals surface area contributed by atoms with Crippen molar-refractivity contribution in [2.45, 2.75) is 24.8 Å². The molecule has 0 bridgehead atoms. The van der Waals surface area contributed by atoms with Gasteiger partial charge in [-0.05, 0) is 31.5 Å². The summed E-state index contributed by atoms with van der Waals surface area (Å²) in [6, 6.07) is 8.21. The molecule has 0 spiro atoms. The van der Waals surface area contributed by atoms with Crippen molar-refractivity contribution < 1.29 is 8.42 Å². The van der Waals surface area contributed by atoms with E-state index in [9.17, 15) is 8.42 Å². The SMILES string of the molecule is Cc1cc(N[C@@H](C)c2cccc(S(N)(=O)=O)c2)n2ncnc2n1. The van der Waals surface area contributed by atoms with E-state index in [4.69, 9.17) is 5.14 Å². The van der Waals surface area contributed by atoms with Gasteiger partial charge in [-0.3, -0.25) is 0 Å². The molecule has 0 unspecified atom stereocenters. The van der Waals surface area contributed by atoms with Crippen molar-refractivity contribution >= 4 is 21.6 Å². The number of benzene rings is 1. The molecule has 0 aliphatic heterocycles. The Hall–Kier alpha value is -2.52. The summed E-state index contributed by atoms with van der Waals surface area (Å²) in [5, 5.41) is 12.6. The standard InChI is InChI=1S/C14H16N6O2S/c1-9-6-13(20-14(18-9)16-8-17-20)19-10(2)11-4-3-5-12(7-11)23(15,21)22/h3-8,10,19H,1-2H3,(H2,15,21,22)/t10-/m0/s1. The lowest BCUT2D eigenvalue weighted by atomic mass is 10.1. The van der Waals surface area contributed by atoms with Crippen LogP contribution < -0.4 is 10.5 Å². The van der Waals surface area contributed by atoms with Crippen LogP contribution in [-0.2, 0) is 10.0 Å². The molecule has 120 valence electrons. The molecule has 0 aliphatic rings. The van der Waals surface area contributed by atoms with Gasteiger partial charge in [0.05, 0.1) is 4.90 Å². The minimum absolute atomic E-state index is 0.0838. The second-order valence-corrected chi connectivity index (χ2v) is 6.80. The summed E-state index contributed by atoms with van der Waals surface area (Å²) < 4.78 is 24.5. The van der Waals surface area contributed by atoms with Crippen molar-refractivity contribution in [1.29, 1.82) is 0 Å². The van der Waals surface area contributed by atoms with E-state index < -0.39 is 10.0 Å². The van der Waals surface area contributed by atoms with Crippen LogP contribution in [-0.4, -0.2) is 28.0 Å². The molecule has 0 saturated carbocycles. The van der Waals surface area contributed by atoms with E-state index >= 15 is 0 Å². The average molecular weight is 332 g/mol. The summed E-state index contributed by atoms with van der Waals surface area (Å²) in [6.07, 6.45) is 1.43. The number of rotatable bonds is 4. The molecule has 2 heterocycles. The fraction of sp³-hybridized carbons (Fsp3) is 0.214. The van der Waals surface area contributed by atoms with E-state index in [0.717, 1.165) is 17.1 Å². The number of hydrogen-bond donors (Lipinski definition) is 2. The Labute approximate surface area is 133 Å². The highest BCUT2D eigenvalue weighted by Gasteiger charge is 2.13.